The maximum absolute atomic E-state index is 13.5. The van der Waals surface area contributed by atoms with E-state index in [-0.39, 0.29) is 21.8 Å². The molecule has 26 heavy (non-hydrogen) atoms. The Morgan fingerprint density at radius 3 is 2.08 bits per heavy atom. The molecule has 1 aliphatic heterocycles. The molecular weight excluding hydrogens is 407 g/mol. The van der Waals surface area contributed by atoms with Crippen LogP contribution in [0.15, 0.2) is 41.4 Å². The molecule has 0 radical (unpaired) electrons. The Labute approximate surface area is 153 Å². The molecule has 0 saturated heterocycles. The van der Waals surface area contributed by atoms with Crippen LogP contribution in [0.2, 0.25) is 10.0 Å². The van der Waals surface area contributed by atoms with Crippen LogP contribution in [0.3, 0.4) is 0 Å². The third-order valence-corrected chi connectivity index (χ3v) is 4.36. The molecule has 0 bridgehead atoms. The summed E-state index contributed by atoms with van der Waals surface area (Å²) < 4.78 is 80.8. The predicted octanol–water partition coefficient (Wildman–Crippen LogP) is 5.52. The molecule has 0 unspecified atom stereocenters. The second-order valence-electron chi connectivity index (χ2n) is 5.39. The maximum Gasteiger partial charge on any atom is 0.411 e. The van der Waals surface area contributed by atoms with Gasteiger partial charge in [0.05, 0.1) is 16.3 Å². The fourth-order valence-electron chi connectivity index (χ4n) is 2.69. The Balaban J connectivity index is 2.84. The van der Waals surface area contributed by atoms with E-state index in [1.807, 2.05) is 0 Å². The number of hydrogen-bond donors (Lipinski definition) is 1. The van der Waals surface area contributed by atoms with Crippen molar-refractivity contribution in [3.63, 3.8) is 0 Å². The highest BCUT2D eigenvalue weighted by Gasteiger charge is 2.73. The van der Waals surface area contributed by atoms with Gasteiger partial charge in [-0.3, -0.25) is 4.90 Å². The van der Waals surface area contributed by atoms with Crippen molar-refractivity contribution < 1.29 is 26.3 Å². The molecule has 1 aromatic carbocycles. The van der Waals surface area contributed by atoms with E-state index in [1.165, 1.54) is 18.2 Å². The fraction of sp³-hybridized carbons (Fsp3) is 0.267. The molecule has 0 saturated carbocycles. The van der Waals surface area contributed by atoms with Crippen LogP contribution in [0.4, 0.5) is 32.0 Å². The van der Waals surface area contributed by atoms with E-state index in [0.717, 1.165) is 17.9 Å². The second-order valence-corrected chi connectivity index (χ2v) is 6.24. The lowest BCUT2D eigenvalue weighted by atomic mass is 9.75. The zero-order chi connectivity index (χ0) is 20.1. The monoisotopic (exact) mass is 415 g/mol. The number of halogens is 8. The third kappa shape index (κ3) is 2.87. The van der Waals surface area contributed by atoms with Gasteiger partial charge in [0.2, 0.25) is 5.41 Å². The minimum absolute atomic E-state index is 0.0204. The van der Waals surface area contributed by atoms with Gasteiger partial charge in [0, 0.05) is 10.7 Å². The summed E-state index contributed by atoms with van der Waals surface area (Å²) in [4.78, 5) is 0.840. The van der Waals surface area contributed by atoms with Crippen molar-refractivity contribution in [3.05, 3.63) is 51.4 Å². The number of anilines is 1. The summed E-state index contributed by atoms with van der Waals surface area (Å²) in [5.74, 6) is -1.02. The number of nitrogens with two attached hydrogens (primary N) is 1. The number of nitriles is 1. The summed E-state index contributed by atoms with van der Waals surface area (Å²) in [5.41, 5.74) is -1.14. The van der Waals surface area contributed by atoms with Crippen molar-refractivity contribution in [2.45, 2.75) is 19.3 Å². The molecule has 2 rings (SSSR count). The van der Waals surface area contributed by atoms with Crippen molar-refractivity contribution in [2.24, 2.45) is 11.1 Å². The minimum atomic E-state index is -5.84. The lowest BCUT2D eigenvalue weighted by Crippen LogP contribution is -2.54. The third-order valence-electron chi connectivity index (χ3n) is 3.83. The Morgan fingerprint density at radius 2 is 1.65 bits per heavy atom. The molecule has 1 aromatic rings. The summed E-state index contributed by atoms with van der Waals surface area (Å²) >= 11 is 11.7. The first-order valence-corrected chi connectivity index (χ1v) is 7.52. The highest BCUT2D eigenvalue weighted by Crippen LogP contribution is 2.59. The molecule has 2 N–H and O–H groups in total. The molecule has 1 aliphatic rings. The van der Waals surface area contributed by atoms with Crippen LogP contribution < -0.4 is 10.6 Å². The van der Waals surface area contributed by atoms with E-state index >= 15 is 0 Å². The van der Waals surface area contributed by atoms with Crippen molar-refractivity contribution in [1.82, 2.24) is 0 Å². The van der Waals surface area contributed by atoms with Gasteiger partial charge in [-0.15, -0.1) is 0 Å². The van der Waals surface area contributed by atoms with E-state index in [9.17, 15) is 26.3 Å². The average molecular weight is 416 g/mol. The van der Waals surface area contributed by atoms with Crippen molar-refractivity contribution >= 4 is 28.9 Å². The van der Waals surface area contributed by atoms with Gasteiger partial charge < -0.3 is 5.73 Å². The highest BCUT2D eigenvalue weighted by molar-refractivity contribution is 6.36. The lowest BCUT2D eigenvalue weighted by molar-refractivity contribution is -0.306. The van der Waals surface area contributed by atoms with Gasteiger partial charge >= 0.3 is 12.4 Å². The van der Waals surface area contributed by atoms with Gasteiger partial charge in [0.1, 0.15) is 11.9 Å². The first-order chi connectivity index (χ1) is 11.8. The Bertz CT molecular complexity index is 834. The summed E-state index contributed by atoms with van der Waals surface area (Å²) in [7, 11) is 0. The molecule has 3 nitrogen and oxygen atoms in total. The predicted molar refractivity (Wildman–Crippen MR) is 84.1 cm³/mol. The average Bonchev–Trinajstić information content (AvgIpc) is 2.46. The van der Waals surface area contributed by atoms with Crippen LogP contribution >= 0.6 is 23.2 Å². The molecule has 140 valence electrons. The molecule has 0 spiro atoms. The molecule has 0 aromatic heterocycles. The largest absolute Gasteiger partial charge is 0.411 e. The van der Waals surface area contributed by atoms with Crippen LogP contribution in [-0.4, -0.2) is 12.4 Å². The maximum atomic E-state index is 13.5. The molecule has 0 aliphatic carbocycles. The van der Waals surface area contributed by atoms with E-state index in [0.29, 0.717) is 0 Å². The van der Waals surface area contributed by atoms with Gasteiger partial charge in [-0.2, -0.15) is 31.6 Å². The SMILES string of the molecule is CC1=CC(C(F)(F)F)(C(F)(F)F)C(C#N)=C(N)N1c1ccc(Cl)cc1Cl. The normalized spacial score (nSPS) is 17.8. The van der Waals surface area contributed by atoms with Crippen molar-refractivity contribution in [1.29, 1.82) is 5.26 Å². The number of nitrogens with zero attached hydrogens (tertiary/aromatic N) is 2. The van der Waals surface area contributed by atoms with Crippen LogP contribution in [0.25, 0.3) is 0 Å². The van der Waals surface area contributed by atoms with Gasteiger partial charge in [-0.25, -0.2) is 0 Å². The number of allylic oxidation sites excluding steroid dienone is 3. The Kier molecular flexibility index (Phi) is 4.90. The molecule has 0 amide bonds. The van der Waals surface area contributed by atoms with E-state index < -0.39 is 34.9 Å². The highest BCUT2D eigenvalue weighted by atomic mass is 35.5. The lowest BCUT2D eigenvalue weighted by Gasteiger charge is -2.41. The van der Waals surface area contributed by atoms with Gasteiger partial charge in [0.15, 0.2) is 0 Å². The summed E-state index contributed by atoms with van der Waals surface area (Å²) in [6.07, 6.45) is -11.7. The summed E-state index contributed by atoms with van der Waals surface area (Å²) in [6.45, 7) is 0.998. The second kappa shape index (κ2) is 6.28. The minimum Gasteiger partial charge on any atom is -0.384 e. The fourth-order valence-corrected chi connectivity index (χ4v) is 3.18. The Hall–Kier alpha value is -2.05. The first-order valence-electron chi connectivity index (χ1n) is 6.76. The standard InChI is InChI=1S/C15H9Cl2F6N3/c1-7-5-13(14(18,19)20,15(21,22)23)9(6-24)12(25)26(7)11-3-2-8(16)4-10(11)17/h2-5H,25H2,1H3. The van der Waals surface area contributed by atoms with Gasteiger partial charge in [-0.05, 0) is 31.2 Å². The van der Waals surface area contributed by atoms with Crippen LogP contribution in [0.1, 0.15) is 6.92 Å². The quantitative estimate of drug-likeness (QED) is 0.614. The molecule has 1 heterocycles. The number of rotatable bonds is 1. The van der Waals surface area contributed by atoms with Gasteiger partial charge in [-0.1, -0.05) is 23.2 Å². The van der Waals surface area contributed by atoms with Crippen LogP contribution in [-0.2, 0) is 0 Å². The zero-order valence-corrected chi connectivity index (χ0v) is 14.3. The smallest absolute Gasteiger partial charge is 0.384 e. The van der Waals surface area contributed by atoms with Crippen LogP contribution in [0.5, 0.6) is 0 Å². The van der Waals surface area contributed by atoms with Gasteiger partial charge in [0.25, 0.3) is 0 Å². The topological polar surface area (TPSA) is 53.1 Å². The number of hydrogen-bond acceptors (Lipinski definition) is 3. The molecular formula is C15H9Cl2F6N3. The first kappa shape index (κ1) is 20.3. The molecule has 0 atom stereocenters. The van der Waals surface area contributed by atoms with E-state index in [2.05, 4.69) is 0 Å². The van der Waals surface area contributed by atoms with Crippen molar-refractivity contribution in [2.75, 3.05) is 4.90 Å². The number of alkyl halides is 6. The zero-order valence-electron chi connectivity index (χ0n) is 12.8. The Morgan fingerprint density at radius 1 is 1.12 bits per heavy atom. The van der Waals surface area contributed by atoms with E-state index in [1.54, 1.807) is 0 Å². The van der Waals surface area contributed by atoms with E-state index in [4.69, 9.17) is 34.2 Å². The van der Waals surface area contributed by atoms with Crippen molar-refractivity contribution in [3.8, 4) is 6.07 Å². The number of benzene rings is 1. The molecule has 11 heteroatoms. The summed E-state index contributed by atoms with van der Waals surface area (Å²) in [5, 5.41) is 9.21. The summed E-state index contributed by atoms with van der Waals surface area (Å²) in [6, 6.07) is 4.79. The molecule has 0 fully saturated rings. The van der Waals surface area contributed by atoms with Crippen LogP contribution in [0, 0.1) is 16.7 Å².